The Morgan fingerprint density at radius 3 is 2.60 bits per heavy atom. The number of nitrogens with one attached hydrogen (secondary N) is 1. The van der Waals surface area contributed by atoms with Crippen LogP contribution in [0.3, 0.4) is 0 Å². The second-order valence-corrected chi connectivity index (χ2v) is 3.59. The van der Waals surface area contributed by atoms with Crippen LogP contribution in [0.1, 0.15) is 0 Å². The molecule has 0 saturated carbocycles. The average molecular weight is 208 g/mol. The summed E-state index contributed by atoms with van der Waals surface area (Å²) in [6.45, 7) is 3.76. The van der Waals surface area contributed by atoms with Crippen molar-refractivity contribution in [2.24, 2.45) is 0 Å². The standard InChI is InChI=1S/C12H20N2O/c1-14(10-11-15-2)9-8-13-12-6-4-3-5-7-12/h3-7,13H,8-11H2,1-2H3. The van der Waals surface area contributed by atoms with Gasteiger partial charge in [-0.3, -0.25) is 0 Å². The van der Waals surface area contributed by atoms with Crippen LogP contribution in [0.15, 0.2) is 30.3 Å². The molecule has 1 rings (SSSR count). The SMILES string of the molecule is COCCN(C)CCNc1ccccc1. The molecule has 0 saturated heterocycles. The summed E-state index contributed by atoms with van der Waals surface area (Å²) in [6, 6.07) is 10.3. The van der Waals surface area contributed by atoms with Crippen molar-refractivity contribution in [3.8, 4) is 0 Å². The molecule has 0 amide bonds. The minimum absolute atomic E-state index is 0.793. The molecule has 0 heterocycles. The summed E-state index contributed by atoms with van der Waals surface area (Å²) in [6.07, 6.45) is 0. The van der Waals surface area contributed by atoms with Crippen molar-refractivity contribution < 1.29 is 4.74 Å². The van der Waals surface area contributed by atoms with Crippen molar-refractivity contribution in [2.75, 3.05) is 45.7 Å². The smallest absolute Gasteiger partial charge is 0.0589 e. The van der Waals surface area contributed by atoms with Gasteiger partial charge < -0.3 is 15.0 Å². The molecule has 15 heavy (non-hydrogen) atoms. The van der Waals surface area contributed by atoms with Gasteiger partial charge >= 0.3 is 0 Å². The van der Waals surface area contributed by atoms with E-state index in [-0.39, 0.29) is 0 Å². The molecule has 0 aliphatic rings. The molecule has 84 valence electrons. The molecular formula is C12H20N2O. The summed E-state index contributed by atoms with van der Waals surface area (Å²) in [7, 11) is 3.84. The van der Waals surface area contributed by atoms with Crippen LogP contribution in [0.5, 0.6) is 0 Å². The van der Waals surface area contributed by atoms with E-state index in [0.29, 0.717) is 0 Å². The quantitative estimate of drug-likeness (QED) is 0.738. The lowest BCUT2D eigenvalue weighted by atomic mass is 10.3. The largest absolute Gasteiger partial charge is 0.384 e. The third kappa shape index (κ3) is 5.40. The van der Waals surface area contributed by atoms with Crippen LogP contribution >= 0.6 is 0 Å². The number of benzene rings is 1. The molecule has 3 heteroatoms. The van der Waals surface area contributed by atoms with E-state index in [1.54, 1.807) is 7.11 Å². The Morgan fingerprint density at radius 1 is 1.20 bits per heavy atom. The molecule has 1 aromatic rings. The Labute approximate surface area is 92.0 Å². The summed E-state index contributed by atoms with van der Waals surface area (Å²) in [5, 5.41) is 3.37. The third-order valence-corrected chi connectivity index (χ3v) is 2.27. The molecule has 0 aromatic heterocycles. The molecular weight excluding hydrogens is 188 g/mol. The van der Waals surface area contributed by atoms with Gasteiger partial charge in [-0.2, -0.15) is 0 Å². The third-order valence-electron chi connectivity index (χ3n) is 2.27. The number of hydrogen-bond acceptors (Lipinski definition) is 3. The number of hydrogen-bond donors (Lipinski definition) is 1. The van der Waals surface area contributed by atoms with E-state index in [2.05, 4.69) is 29.4 Å². The molecule has 0 aliphatic carbocycles. The van der Waals surface area contributed by atoms with Gasteiger partial charge in [0.25, 0.3) is 0 Å². The van der Waals surface area contributed by atoms with E-state index in [4.69, 9.17) is 4.74 Å². The number of likely N-dealkylation sites (N-methyl/N-ethyl adjacent to an activating group) is 1. The minimum Gasteiger partial charge on any atom is -0.384 e. The zero-order valence-electron chi connectivity index (χ0n) is 9.57. The molecule has 0 atom stereocenters. The summed E-state index contributed by atoms with van der Waals surface area (Å²) in [4.78, 5) is 2.25. The topological polar surface area (TPSA) is 24.5 Å². The number of ether oxygens (including phenoxy) is 1. The summed E-state index contributed by atoms with van der Waals surface area (Å²) in [5.41, 5.74) is 1.18. The summed E-state index contributed by atoms with van der Waals surface area (Å²) in [5.74, 6) is 0. The maximum atomic E-state index is 5.02. The zero-order valence-corrected chi connectivity index (χ0v) is 9.57. The normalized spacial score (nSPS) is 10.6. The van der Waals surface area contributed by atoms with Crippen LogP contribution in [0.25, 0.3) is 0 Å². The van der Waals surface area contributed by atoms with Crippen LogP contribution in [0.4, 0.5) is 5.69 Å². The van der Waals surface area contributed by atoms with Gasteiger partial charge in [0.1, 0.15) is 0 Å². The Balaban J connectivity index is 2.11. The number of methoxy groups -OCH3 is 1. The lowest BCUT2D eigenvalue weighted by Crippen LogP contribution is -2.28. The maximum Gasteiger partial charge on any atom is 0.0589 e. The van der Waals surface area contributed by atoms with Crippen molar-refractivity contribution in [1.82, 2.24) is 4.90 Å². The van der Waals surface area contributed by atoms with Gasteiger partial charge in [0.2, 0.25) is 0 Å². The van der Waals surface area contributed by atoms with Crippen molar-refractivity contribution >= 4 is 5.69 Å². The van der Waals surface area contributed by atoms with Gasteiger partial charge in [-0.1, -0.05) is 18.2 Å². The molecule has 0 unspecified atom stereocenters. The van der Waals surface area contributed by atoms with E-state index in [0.717, 1.165) is 26.2 Å². The van der Waals surface area contributed by atoms with Gasteiger partial charge in [0, 0.05) is 32.4 Å². The second-order valence-electron chi connectivity index (χ2n) is 3.59. The monoisotopic (exact) mass is 208 g/mol. The Hall–Kier alpha value is -1.06. The van der Waals surface area contributed by atoms with Crippen molar-refractivity contribution in [3.63, 3.8) is 0 Å². The van der Waals surface area contributed by atoms with Crippen molar-refractivity contribution in [2.45, 2.75) is 0 Å². The highest BCUT2D eigenvalue weighted by molar-refractivity contribution is 5.42. The van der Waals surface area contributed by atoms with Crippen LogP contribution in [-0.4, -0.2) is 45.3 Å². The minimum atomic E-state index is 0.793. The molecule has 0 spiro atoms. The average Bonchev–Trinajstić information content (AvgIpc) is 2.28. The fraction of sp³-hybridized carbons (Fsp3) is 0.500. The van der Waals surface area contributed by atoms with Gasteiger partial charge in [-0.15, -0.1) is 0 Å². The zero-order chi connectivity index (χ0) is 10.9. The molecule has 1 N–H and O–H groups in total. The Morgan fingerprint density at radius 2 is 1.93 bits per heavy atom. The molecule has 0 bridgehead atoms. The first-order valence-electron chi connectivity index (χ1n) is 5.29. The fourth-order valence-electron chi connectivity index (χ4n) is 1.31. The van der Waals surface area contributed by atoms with Crippen LogP contribution < -0.4 is 5.32 Å². The molecule has 0 radical (unpaired) electrons. The van der Waals surface area contributed by atoms with E-state index in [1.807, 2.05) is 18.2 Å². The number of rotatable bonds is 7. The Kier molecular flexibility index (Phi) is 5.81. The van der Waals surface area contributed by atoms with Gasteiger partial charge in [-0.25, -0.2) is 0 Å². The number of nitrogens with zero attached hydrogens (tertiary/aromatic N) is 1. The van der Waals surface area contributed by atoms with Gasteiger partial charge in [0.15, 0.2) is 0 Å². The first kappa shape index (κ1) is 12.0. The fourth-order valence-corrected chi connectivity index (χ4v) is 1.31. The molecule has 1 aromatic carbocycles. The highest BCUT2D eigenvalue weighted by Crippen LogP contribution is 2.03. The van der Waals surface area contributed by atoms with Crippen LogP contribution in [0, 0.1) is 0 Å². The molecule has 0 fully saturated rings. The number of para-hydroxylation sites is 1. The highest BCUT2D eigenvalue weighted by Gasteiger charge is 1.96. The lowest BCUT2D eigenvalue weighted by Gasteiger charge is -2.16. The first-order chi connectivity index (χ1) is 7.33. The van der Waals surface area contributed by atoms with Crippen molar-refractivity contribution in [1.29, 1.82) is 0 Å². The summed E-state index contributed by atoms with van der Waals surface area (Å²) < 4.78 is 5.02. The van der Waals surface area contributed by atoms with E-state index in [1.165, 1.54) is 5.69 Å². The van der Waals surface area contributed by atoms with Crippen molar-refractivity contribution in [3.05, 3.63) is 30.3 Å². The van der Waals surface area contributed by atoms with Crippen LogP contribution in [-0.2, 0) is 4.74 Å². The predicted molar refractivity (Wildman–Crippen MR) is 64.3 cm³/mol. The lowest BCUT2D eigenvalue weighted by molar-refractivity contribution is 0.163. The van der Waals surface area contributed by atoms with E-state index in [9.17, 15) is 0 Å². The molecule has 3 nitrogen and oxygen atoms in total. The maximum absolute atomic E-state index is 5.02. The van der Waals surface area contributed by atoms with Gasteiger partial charge in [0.05, 0.1) is 6.61 Å². The summed E-state index contributed by atoms with van der Waals surface area (Å²) >= 11 is 0. The molecule has 0 aliphatic heterocycles. The first-order valence-corrected chi connectivity index (χ1v) is 5.29. The highest BCUT2D eigenvalue weighted by atomic mass is 16.5. The van der Waals surface area contributed by atoms with E-state index < -0.39 is 0 Å². The predicted octanol–water partition coefficient (Wildman–Crippen LogP) is 1.68. The Bertz CT molecular complexity index is 251. The number of anilines is 1. The van der Waals surface area contributed by atoms with E-state index >= 15 is 0 Å². The van der Waals surface area contributed by atoms with Gasteiger partial charge in [-0.05, 0) is 19.2 Å². The van der Waals surface area contributed by atoms with Crippen LogP contribution in [0.2, 0.25) is 0 Å². The second kappa shape index (κ2) is 7.26.